The zero-order chi connectivity index (χ0) is 19.9. The molecule has 150 valence electrons. The van der Waals surface area contributed by atoms with Crippen molar-refractivity contribution in [2.75, 3.05) is 19.0 Å². The summed E-state index contributed by atoms with van der Waals surface area (Å²) in [6.07, 6.45) is 5.87. The van der Waals surface area contributed by atoms with Crippen molar-refractivity contribution in [3.63, 3.8) is 0 Å². The van der Waals surface area contributed by atoms with Crippen LogP contribution in [0.25, 0.3) is 0 Å². The lowest BCUT2D eigenvalue weighted by atomic mass is 10.1. The molecule has 28 heavy (non-hydrogen) atoms. The number of fused-ring (bicyclic) bond motifs is 1. The second kappa shape index (κ2) is 9.39. The van der Waals surface area contributed by atoms with Gasteiger partial charge in [-0.15, -0.1) is 0 Å². The number of amides is 2. The molecule has 0 aliphatic carbocycles. The van der Waals surface area contributed by atoms with Crippen molar-refractivity contribution in [3.8, 4) is 5.75 Å². The van der Waals surface area contributed by atoms with Crippen molar-refractivity contribution in [2.24, 2.45) is 0 Å². The average Bonchev–Trinajstić information content (AvgIpc) is 3.11. The minimum Gasteiger partial charge on any atom is -0.497 e. The molecule has 0 bridgehead atoms. The number of hydrogen-bond acceptors (Lipinski definition) is 4. The van der Waals surface area contributed by atoms with E-state index in [1.165, 1.54) is 0 Å². The summed E-state index contributed by atoms with van der Waals surface area (Å²) in [5, 5.41) is 5.80. The Kier molecular flexibility index (Phi) is 6.68. The molecule has 0 unspecified atom stereocenters. The van der Waals surface area contributed by atoms with E-state index in [0.29, 0.717) is 30.3 Å². The molecule has 7 nitrogen and oxygen atoms in total. The normalized spacial score (nSPS) is 12.9. The van der Waals surface area contributed by atoms with Crippen molar-refractivity contribution in [1.82, 2.24) is 14.9 Å². The van der Waals surface area contributed by atoms with Gasteiger partial charge in [0.15, 0.2) is 5.82 Å². The molecule has 1 aromatic carbocycles. The van der Waals surface area contributed by atoms with Gasteiger partial charge in [0.1, 0.15) is 11.4 Å². The number of benzene rings is 1. The lowest BCUT2D eigenvalue weighted by Gasteiger charge is -2.17. The number of aromatic nitrogens is 2. The number of anilines is 1. The Morgan fingerprint density at radius 1 is 1.14 bits per heavy atom. The van der Waals surface area contributed by atoms with E-state index in [9.17, 15) is 9.59 Å². The Balaban J connectivity index is 1.77. The number of hydrogen-bond donors (Lipinski definition) is 2. The summed E-state index contributed by atoms with van der Waals surface area (Å²) in [5.41, 5.74) is 1.90. The summed E-state index contributed by atoms with van der Waals surface area (Å²) in [6.45, 7) is 3.46. The Hall–Kier alpha value is -2.83. The lowest BCUT2D eigenvalue weighted by molar-refractivity contribution is 0.0947. The molecule has 0 fully saturated rings. The van der Waals surface area contributed by atoms with Crippen LogP contribution in [0, 0.1) is 0 Å². The van der Waals surface area contributed by atoms with Gasteiger partial charge >= 0.3 is 0 Å². The number of carbonyl (C=O) groups excluding carboxylic acids is 2. The van der Waals surface area contributed by atoms with E-state index in [4.69, 9.17) is 4.74 Å². The van der Waals surface area contributed by atoms with E-state index < -0.39 is 0 Å². The molecule has 2 heterocycles. The second-order valence-corrected chi connectivity index (χ2v) is 6.99. The van der Waals surface area contributed by atoms with Gasteiger partial charge in [0.2, 0.25) is 0 Å². The van der Waals surface area contributed by atoms with Gasteiger partial charge < -0.3 is 19.9 Å². The van der Waals surface area contributed by atoms with Crippen LogP contribution in [-0.2, 0) is 13.0 Å². The second-order valence-electron chi connectivity index (χ2n) is 6.99. The third kappa shape index (κ3) is 4.52. The maximum absolute atomic E-state index is 12.8. The van der Waals surface area contributed by atoms with Crippen LogP contribution < -0.4 is 15.4 Å². The number of imidazole rings is 1. The zero-order valence-corrected chi connectivity index (χ0v) is 16.6. The Labute approximate surface area is 165 Å². The molecule has 2 N–H and O–H groups in total. The molecule has 0 radical (unpaired) electrons. The van der Waals surface area contributed by atoms with Gasteiger partial charge in [0.05, 0.1) is 12.8 Å². The van der Waals surface area contributed by atoms with Crippen LogP contribution in [-0.4, -0.2) is 35.0 Å². The highest BCUT2D eigenvalue weighted by molar-refractivity contribution is 6.03. The molecule has 0 saturated heterocycles. The molecule has 1 aromatic heterocycles. The Bertz CT molecular complexity index is 827. The number of nitrogens with zero attached hydrogens (tertiary/aromatic N) is 2. The van der Waals surface area contributed by atoms with E-state index in [1.807, 2.05) is 4.57 Å². The van der Waals surface area contributed by atoms with Crippen LogP contribution in [0.4, 0.5) is 5.69 Å². The van der Waals surface area contributed by atoms with Crippen molar-refractivity contribution >= 4 is 17.5 Å². The fourth-order valence-corrected chi connectivity index (χ4v) is 3.42. The third-order valence-corrected chi connectivity index (χ3v) is 4.95. The Morgan fingerprint density at radius 2 is 1.93 bits per heavy atom. The number of nitrogens with one attached hydrogen (secondary N) is 2. The molecule has 1 aliphatic rings. The van der Waals surface area contributed by atoms with Gasteiger partial charge in [-0.1, -0.05) is 19.8 Å². The summed E-state index contributed by atoms with van der Waals surface area (Å²) in [7, 11) is 1.60. The highest BCUT2D eigenvalue weighted by Gasteiger charge is 2.27. The quantitative estimate of drug-likeness (QED) is 0.683. The molecule has 0 saturated carbocycles. The van der Waals surface area contributed by atoms with Gasteiger partial charge in [-0.3, -0.25) is 9.59 Å². The molecular formula is C21H28N4O3. The molecule has 7 heteroatoms. The van der Waals surface area contributed by atoms with Gasteiger partial charge in [-0.25, -0.2) is 4.98 Å². The van der Waals surface area contributed by atoms with Crippen LogP contribution >= 0.6 is 0 Å². The molecule has 0 spiro atoms. The molecule has 2 aromatic rings. The van der Waals surface area contributed by atoms with Crippen LogP contribution in [0.15, 0.2) is 24.3 Å². The van der Waals surface area contributed by atoms with Gasteiger partial charge in [-0.05, 0) is 49.9 Å². The van der Waals surface area contributed by atoms with E-state index >= 15 is 0 Å². The predicted molar refractivity (Wildman–Crippen MR) is 108 cm³/mol. The fraction of sp³-hybridized carbons (Fsp3) is 0.476. The van der Waals surface area contributed by atoms with Crippen LogP contribution in [0.5, 0.6) is 5.75 Å². The van der Waals surface area contributed by atoms with Crippen molar-refractivity contribution < 1.29 is 14.3 Å². The maximum Gasteiger partial charge on any atom is 0.291 e. The van der Waals surface area contributed by atoms with Gasteiger partial charge in [-0.2, -0.15) is 0 Å². The summed E-state index contributed by atoms with van der Waals surface area (Å²) in [4.78, 5) is 29.9. The summed E-state index contributed by atoms with van der Waals surface area (Å²) in [5.74, 6) is 0.519. The Morgan fingerprint density at radius 3 is 2.64 bits per heavy atom. The average molecular weight is 384 g/mol. The number of methoxy groups -OCH3 is 1. The fourth-order valence-electron chi connectivity index (χ4n) is 3.42. The standard InChI is InChI=1S/C21H28N4O3/c1-3-4-6-13-22-20(26)18-17-8-5-7-14-25(17)19(24-18)21(27)23-15-9-11-16(28-2)12-10-15/h9-12H,3-8,13-14H2,1-2H3,(H,22,26)(H,23,27). The smallest absolute Gasteiger partial charge is 0.291 e. The first kappa shape index (κ1) is 19.9. The molecule has 2 amide bonds. The maximum atomic E-state index is 12.8. The minimum absolute atomic E-state index is 0.190. The molecule has 0 atom stereocenters. The SMILES string of the molecule is CCCCCNC(=O)c1nc(C(=O)Nc2ccc(OC)cc2)n2c1CCCC2. The van der Waals surface area contributed by atoms with Crippen molar-refractivity contribution in [3.05, 3.63) is 41.5 Å². The van der Waals surface area contributed by atoms with E-state index in [1.54, 1.807) is 31.4 Å². The van der Waals surface area contributed by atoms with E-state index in [-0.39, 0.29) is 11.8 Å². The number of unbranched alkanes of at least 4 members (excludes halogenated alkanes) is 2. The first-order valence-electron chi connectivity index (χ1n) is 9.97. The van der Waals surface area contributed by atoms with Crippen LogP contribution in [0.1, 0.15) is 65.8 Å². The van der Waals surface area contributed by atoms with Gasteiger partial charge in [0, 0.05) is 18.8 Å². The topological polar surface area (TPSA) is 85.2 Å². The summed E-state index contributed by atoms with van der Waals surface area (Å²) in [6, 6.07) is 7.12. The van der Waals surface area contributed by atoms with E-state index in [2.05, 4.69) is 22.5 Å². The molecule has 1 aliphatic heterocycles. The first-order valence-corrected chi connectivity index (χ1v) is 9.97. The van der Waals surface area contributed by atoms with E-state index in [0.717, 1.165) is 50.0 Å². The highest BCUT2D eigenvalue weighted by atomic mass is 16.5. The highest BCUT2D eigenvalue weighted by Crippen LogP contribution is 2.22. The number of rotatable bonds is 8. The van der Waals surface area contributed by atoms with Crippen LogP contribution in [0.2, 0.25) is 0 Å². The van der Waals surface area contributed by atoms with Crippen molar-refractivity contribution in [1.29, 1.82) is 0 Å². The zero-order valence-electron chi connectivity index (χ0n) is 16.6. The lowest BCUT2D eigenvalue weighted by Crippen LogP contribution is -2.26. The third-order valence-electron chi connectivity index (χ3n) is 4.95. The number of ether oxygens (including phenoxy) is 1. The monoisotopic (exact) mass is 384 g/mol. The largest absolute Gasteiger partial charge is 0.497 e. The summed E-state index contributed by atoms with van der Waals surface area (Å²) < 4.78 is 7.03. The molecule has 3 rings (SSSR count). The molecular weight excluding hydrogens is 356 g/mol. The first-order chi connectivity index (χ1) is 13.6. The number of carbonyl (C=O) groups is 2. The van der Waals surface area contributed by atoms with Crippen LogP contribution in [0.3, 0.4) is 0 Å². The minimum atomic E-state index is -0.307. The predicted octanol–water partition coefficient (Wildman–Crippen LogP) is 3.40. The summed E-state index contributed by atoms with van der Waals surface area (Å²) >= 11 is 0. The van der Waals surface area contributed by atoms with Crippen molar-refractivity contribution in [2.45, 2.75) is 52.0 Å². The van der Waals surface area contributed by atoms with Gasteiger partial charge in [0.25, 0.3) is 11.8 Å².